The van der Waals surface area contributed by atoms with Crippen molar-refractivity contribution in [2.24, 2.45) is 0 Å². The Kier molecular flexibility index (Phi) is 2.33. The molecule has 0 saturated heterocycles. The van der Waals surface area contributed by atoms with Gasteiger partial charge in [0.2, 0.25) is 0 Å². The van der Waals surface area contributed by atoms with E-state index in [1.165, 1.54) is 6.92 Å². The van der Waals surface area contributed by atoms with Gasteiger partial charge < -0.3 is 10.5 Å². The van der Waals surface area contributed by atoms with Crippen molar-refractivity contribution in [3.63, 3.8) is 0 Å². The van der Waals surface area contributed by atoms with E-state index < -0.39 is 40.7 Å². The quantitative estimate of drug-likeness (QED) is 0.629. The summed E-state index contributed by atoms with van der Waals surface area (Å²) >= 11 is 5.41. The summed E-state index contributed by atoms with van der Waals surface area (Å²) in [6, 6.07) is 0. The number of hydrogen-bond acceptors (Lipinski definition) is 4. The minimum atomic E-state index is -2.76. The fourth-order valence-electron chi connectivity index (χ4n) is 0.961. The first-order chi connectivity index (χ1) is 8.20. The fourth-order valence-corrected chi connectivity index (χ4v) is 1.15. The van der Waals surface area contributed by atoms with Crippen molar-refractivity contribution >= 4 is 23.3 Å². The van der Waals surface area contributed by atoms with Gasteiger partial charge in [0.05, 0.1) is 18.0 Å². The van der Waals surface area contributed by atoms with Gasteiger partial charge in [0.25, 0.3) is 0 Å². The number of nitrogens with zero attached hydrogens (tertiary/aromatic N) is 1. The van der Waals surface area contributed by atoms with Gasteiger partial charge in [-0.15, -0.1) is 0 Å². The van der Waals surface area contributed by atoms with Gasteiger partial charge in [-0.25, -0.2) is 14.2 Å². The number of rotatable bonds is 2. The number of hydrogen-bond donors (Lipinski definition) is 1. The fraction of sp³-hybridized carbons (Fsp3) is 0.333. The average molecular weight is 236 g/mol. The number of esters is 1. The molecule has 0 amide bonds. The highest BCUT2D eigenvalue weighted by Gasteiger charge is 2.20. The number of ether oxygens (including phenoxy) is 1. The molecule has 0 aliphatic heterocycles. The van der Waals surface area contributed by atoms with Gasteiger partial charge in [0, 0.05) is 4.11 Å². The number of aryl methyl sites for hydroxylation is 1. The summed E-state index contributed by atoms with van der Waals surface area (Å²) in [5.74, 6) is -2.20. The summed E-state index contributed by atoms with van der Waals surface area (Å²) in [5, 5.41) is -0.702. The maximum atomic E-state index is 13.4. The van der Waals surface area contributed by atoms with Gasteiger partial charge in [-0.05, 0) is 13.8 Å². The highest BCUT2D eigenvalue weighted by atomic mass is 35.5. The van der Waals surface area contributed by atoms with Crippen molar-refractivity contribution in [2.45, 2.75) is 13.8 Å². The third kappa shape index (κ3) is 2.18. The molecular weight excluding hydrogens is 223 g/mol. The van der Waals surface area contributed by atoms with Crippen LogP contribution in [0, 0.1) is 12.7 Å². The Morgan fingerprint density at radius 2 is 2.47 bits per heavy atom. The molecule has 1 heterocycles. The average Bonchev–Trinajstić information content (AvgIpc) is 2.24. The topological polar surface area (TPSA) is 65.2 Å². The molecule has 0 radical (unpaired) electrons. The molecular formula is C9H10ClFN2O2. The van der Waals surface area contributed by atoms with Crippen molar-refractivity contribution in [3.05, 3.63) is 22.2 Å². The molecule has 0 saturated carbocycles. The van der Waals surface area contributed by atoms with Crippen molar-refractivity contribution in [2.75, 3.05) is 12.3 Å². The number of carbonyl (C=O) groups excluding carboxylic acids is 1. The van der Waals surface area contributed by atoms with E-state index in [4.69, 9.17) is 21.4 Å². The van der Waals surface area contributed by atoms with Crippen molar-refractivity contribution < 1.29 is 18.0 Å². The third-order valence-electron chi connectivity index (χ3n) is 1.61. The normalized spacial score (nSPS) is 13.9. The molecule has 82 valence electrons. The van der Waals surface area contributed by atoms with Crippen molar-refractivity contribution in [1.82, 2.24) is 4.98 Å². The summed E-state index contributed by atoms with van der Waals surface area (Å²) in [7, 11) is 0. The van der Waals surface area contributed by atoms with Crippen LogP contribution in [0.2, 0.25) is 5.15 Å². The number of carbonyl (C=O) groups is 1. The van der Waals surface area contributed by atoms with E-state index in [2.05, 4.69) is 9.72 Å². The van der Waals surface area contributed by atoms with Crippen molar-refractivity contribution in [3.8, 4) is 0 Å². The molecule has 0 aliphatic carbocycles. The van der Waals surface area contributed by atoms with E-state index in [1.807, 2.05) is 0 Å². The maximum absolute atomic E-state index is 13.4. The van der Waals surface area contributed by atoms with E-state index in [9.17, 15) is 9.18 Å². The molecule has 2 N–H and O–H groups in total. The predicted molar refractivity (Wildman–Crippen MR) is 54.3 cm³/mol. The van der Waals surface area contributed by atoms with Crippen LogP contribution in [0.3, 0.4) is 0 Å². The van der Waals surface area contributed by atoms with Gasteiger partial charge >= 0.3 is 5.97 Å². The molecule has 1 rings (SSSR count). The van der Waals surface area contributed by atoms with Crippen LogP contribution in [0.5, 0.6) is 0 Å². The Balaban J connectivity index is 3.55. The largest absolute Gasteiger partial charge is 0.462 e. The second-order valence-corrected chi connectivity index (χ2v) is 2.93. The first-order valence-electron chi connectivity index (χ1n) is 5.52. The Hall–Kier alpha value is -1.36. The lowest BCUT2D eigenvalue weighted by molar-refractivity contribution is 0.0525. The lowest BCUT2D eigenvalue weighted by atomic mass is 10.1. The Bertz CT molecular complexity index is 494. The summed E-state index contributed by atoms with van der Waals surface area (Å²) in [6.45, 7) is -1.25. The maximum Gasteiger partial charge on any atom is 0.342 e. The summed E-state index contributed by atoms with van der Waals surface area (Å²) in [6.07, 6.45) is 0. The molecule has 0 aromatic carbocycles. The number of halogens is 2. The smallest absolute Gasteiger partial charge is 0.342 e. The van der Waals surface area contributed by atoms with Gasteiger partial charge in [-0.3, -0.25) is 0 Å². The van der Waals surface area contributed by atoms with E-state index in [0.29, 0.717) is 0 Å². The zero-order chi connectivity index (χ0) is 14.1. The molecule has 4 nitrogen and oxygen atoms in total. The van der Waals surface area contributed by atoms with Crippen LogP contribution in [-0.2, 0) is 4.74 Å². The number of anilines is 1. The summed E-state index contributed by atoms with van der Waals surface area (Å²) in [5.41, 5.74) is 3.39. The van der Waals surface area contributed by atoms with Gasteiger partial charge in [-0.2, -0.15) is 0 Å². The van der Waals surface area contributed by atoms with E-state index >= 15 is 0 Å². The van der Waals surface area contributed by atoms with Gasteiger partial charge in [-0.1, -0.05) is 11.6 Å². The van der Waals surface area contributed by atoms with Crippen LogP contribution in [-0.4, -0.2) is 17.6 Å². The lowest BCUT2D eigenvalue weighted by Gasteiger charge is -2.09. The second kappa shape index (κ2) is 4.44. The number of pyridine rings is 1. The zero-order valence-electron chi connectivity index (χ0n) is 10.8. The van der Waals surface area contributed by atoms with E-state index in [0.717, 1.165) is 0 Å². The van der Waals surface area contributed by atoms with Gasteiger partial charge in [0.1, 0.15) is 5.56 Å². The standard InChI is InChI=1S/C9H10ClFN2O2/c1-3-15-9(14)5-4(2)13-8(10)6(11)7(5)12/h3H2,1-2H3,(H2,12,13)/i2D3. The van der Waals surface area contributed by atoms with Crippen LogP contribution in [0.15, 0.2) is 0 Å². The minimum Gasteiger partial charge on any atom is -0.462 e. The highest BCUT2D eigenvalue weighted by Crippen LogP contribution is 2.25. The Morgan fingerprint density at radius 1 is 1.80 bits per heavy atom. The van der Waals surface area contributed by atoms with E-state index in [1.54, 1.807) is 0 Å². The highest BCUT2D eigenvalue weighted by molar-refractivity contribution is 6.30. The van der Waals surface area contributed by atoms with Crippen LogP contribution >= 0.6 is 11.6 Å². The van der Waals surface area contributed by atoms with Crippen LogP contribution in [0.1, 0.15) is 27.1 Å². The number of aromatic nitrogens is 1. The molecule has 0 fully saturated rings. The molecule has 0 spiro atoms. The minimum absolute atomic E-state index is 0.0110. The lowest BCUT2D eigenvalue weighted by Crippen LogP contribution is -2.13. The monoisotopic (exact) mass is 235 g/mol. The molecule has 6 heteroatoms. The SMILES string of the molecule is [2H]C([2H])([2H])c1nc(Cl)c(F)c(N)c1C(=O)OCC. The molecule has 0 atom stereocenters. The van der Waals surface area contributed by atoms with E-state index in [-0.39, 0.29) is 6.61 Å². The third-order valence-corrected chi connectivity index (χ3v) is 1.86. The summed E-state index contributed by atoms with van der Waals surface area (Å²) < 4.78 is 39.8. The first kappa shape index (κ1) is 7.87. The zero-order valence-corrected chi connectivity index (χ0v) is 8.56. The molecule has 1 aromatic rings. The Labute approximate surface area is 95.4 Å². The van der Waals surface area contributed by atoms with Crippen molar-refractivity contribution in [1.29, 1.82) is 0 Å². The van der Waals surface area contributed by atoms with Gasteiger partial charge in [0.15, 0.2) is 11.0 Å². The van der Waals surface area contributed by atoms with Crippen LogP contribution in [0.25, 0.3) is 0 Å². The predicted octanol–water partition coefficient (Wildman–Crippen LogP) is 1.94. The molecule has 0 unspecified atom stereocenters. The summed E-state index contributed by atoms with van der Waals surface area (Å²) in [4.78, 5) is 14.9. The van der Waals surface area contributed by atoms with Crippen LogP contribution < -0.4 is 5.73 Å². The molecule has 0 aliphatic rings. The second-order valence-electron chi connectivity index (χ2n) is 2.57. The molecule has 15 heavy (non-hydrogen) atoms. The number of nitrogen functional groups attached to an aromatic ring is 1. The molecule has 1 aromatic heterocycles. The molecule has 0 bridgehead atoms. The first-order valence-corrected chi connectivity index (χ1v) is 4.40. The van der Waals surface area contributed by atoms with Crippen LogP contribution in [0.4, 0.5) is 10.1 Å². The Morgan fingerprint density at radius 3 is 3.00 bits per heavy atom. The number of nitrogens with two attached hydrogens (primary N) is 1.